The molecule has 6 heteroatoms. The van der Waals surface area contributed by atoms with Crippen LogP contribution < -0.4 is 0 Å². The summed E-state index contributed by atoms with van der Waals surface area (Å²) in [6.07, 6.45) is 2.38. The second-order valence-electron chi connectivity index (χ2n) is 5.92. The Balaban J connectivity index is 1.75. The Bertz CT molecular complexity index is 782. The molecule has 126 valence electrons. The molecule has 1 aromatic heterocycles. The number of ketones is 1. The Hall–Kier alpha value is -1.85. The molecule has 0 amide bonds. The van der Waals surface area contributed by atoms with E-state index in [9.17, 15) is 18.7 Å². The van der Waals surface area contributed by atoms with E-state index in [-0.39, 0.29) is 29.6 Å². The van der Waals surface area contributed by atoms with Crippen LogP contribution in [0.2, 0.25) is 5.02 Å². The largest absolute Gasteiger partial charge is 0.387 e. The Morgan fingerprint density at radius 2 is 2.08 bits per heavy atom. The summed E-state index contributed by atoms with van der Waals surface area (Å²) in [5, 5.41) is 9.72. The molecule has 0 fully saturated rings. The van der Waals surface area contributed by atoms with Crippen molar-refractivity contribution in [2.45, 2.75) is 37.7 Å². The highest BCUT2D eigenvalue weighted by atomic mass is 35.5. The van der Waals surface area contributed by atoms with Gasteiger partial charge in [0, 0.05) is 18.5 Å². The van der Waals surface area contributed by atoms with Crippen LogP contribution >= 0.6 is 11.6 Å². The average Bonchev–Trinajstić information content (AvgIpc) is 2.59. The zero-order chi connectivity index (χ0) is 17.3. The fourth-order valence-electron chi connectivity index (χ4n) is 3.15. The summed E-state index contributed by atoms with van der Waals surface area (Å²) < 4.78 is 26.6. The number of fused-ring (bicyclic) bond motifs is 1. The van der Waals surface area contributed by atoms with E-state index in [2.05, 4.69) is 4.98 Å². The number of rotatable bonds is 4. The number of aromatic nitrogens is 1. The minimum atomic E-state index is -1.09. The number of benzene rings is 1. The number of aryl methyl sites for hydroxylation is 1. The van der Waals surface area contributed by atoms with E-state index in [1.165, 1.54) is 6.07 Å². The summed E-state index contributed by atoms with van der Waals surface area (Å²) in [7, 11) is 0. The number of halogens is 3. The van der Waals surface area contributed by atoms with Gasteiger partial charge in [-0.05, 0) is 42.5 Å². The number of hydrogen-bond donors (Lipinski definition) is 1. The van der Waals surface area contributed by atoms with Gasteiger partial charge in [0.25, 0.3) is 0 Å². The first kappa shape index (κ1) is 17.0. The summed E-state index contributed by atoms with van der Waals surface area (Å²) in [6.45, 7) is 0. The molecule has 0 saturated carbocycles. The van der Waals surface area contributed by atoms with Gasteiger partial charge in [-0.1, -0.05) is 23.7 Å². The lowest BCUT2D eigenvalue weighted by atomic mass is 9.80. The second kappa shape index (κ2) is 6.95. The van der Waals surface area contributed by atoms with Gasteiger partial charge in [0.15, 0.2) is 11.6 Å². The molecule has 0 radical (unpaired) electrons. The molecule has 1 aliphatic rings. The van der Waals surface area contributed by atoms with Gasteiger partial charge in [0.05, 0.1) is 16.8 Å². The smallest absolute Gasteiger partial charge is 0.177 e. The third kappa shape index (κ3) is 3.19. The van der Waals surface area contributed by atoms with E-state index >= 15 is 0 Å². The van der Waals surface area contributed by atoms with Crippen LogP contribution in [0.25, 0.3) is 0 Å². The molecule has 1 aliphatic carbocycles. The number of aliphatic hydroxyl groups is 1. The van der Waals surface area contributed by atoms with Crippen molar-refractivity contribution in [2.75, 3.05) is 0 Å². The lowest BCUT2D eigenvalue weighted by molar-refractivity contribution is -0.121. The molecule has 0 spiro atoms. The number of nitrogens with zero attached hydrogens (tertiary/aromatic N) is 1. The molecule has 1 N–H and O–H groups in total. The van der Waals surface area contributed by atoms with Crippen molar-refractivity contribution >= 4 is 17.4 Å². The molecule has 3 nitrogen and oxygen atoms in total. The third-order valence-corrected chi connectivity index (χ3v) is 4.84. The molecular weight excluding hydrogens is 336 g/mol. The second-order valence-corrected chi connectivity index (χ2v) is 6.30. The molecule has 0 unspecified atom stereocenters. The standard InChI is InChI=1S/C18H16ClF2NO2/c19-16-10(3-6-13(20)17(16)21)4-7-14(23)11-5-8-15(24)18-12(11)2-1-9-22-18/h1-3,6,9,11,15,24H,4-5,7-8H2/t11-,15+/m1/s1. The van der Waals surface area contributed by atoms with E-state index < -0.39 is 17.7 Å². The monoisotopic (exact) mass is 351 g/mol. The average molecular weight is 352 g/mol. The first-order chi connectivity index (χ1) is 11.5. The van der Waals surface area contributed by atoms with Crippen LogP contribution in [0.3, 0.4) is 0 Å². The maximum Gasteiger partial charge on any atom is 0.177 e. The zero-order valence-electron chi connectivity index (χ0n) is 12.8. The van der Waals surface area contributed by atoms with Crippen molar-refractivity contribution in [2.24, 2.45) is 0 Å². The number of carbonyl (C=O) groups excluding carboxylic acids is 1. The van der Waals surface area contributed by atoms with E-state index in [1.807, 2.05) is 0 Å². The predicted octanol–water partition coefficient (Wildman–Crippen LogP) is 4.13. The number of Topliss-reactive ketones (excluding diaryl/α,β-unsaturated/α-hetero) is 1. The molecule has 2 aromatic rings. The Kier molecular flexibility index (Phi) is 4.92. The van der Waals surface area contributed by atoms with Crippen molar-refractivity contribution in [3.63, 3.8) is 0 Å². The quantitative estimate of drug-likeness (QED) is 0.843. The number of aliphatic hydroxyl groups excluding tert-OH is 1. The molecule has 1 heterocycles. The van der Waals surface area contributed by atoms with Gasteiger partial charge in [0.2, 0.25) is 0 Å². The zero-order valence-corrected chi connectivity index (χ0v) is 13.6. The van der Waals surface area contributed by atoms with Crippen LogP contribution in [0.1, 0.15) is 48.1 Å². The lowest BCUT2D eigenvalue weighted by Crippen LogP contribution is -2.22. The minimum absolute atomic E-state index is 0.0167. The molecule has 24 heavy (non-hydrogen) atoms. The third-order valence-electron chi connectivity index (χ3n) is 4.44. The van der Waals surface area contributed by atoms with Crippen LogP contribution in [0, 0.1) is 11.6 Å². The highest BCUT2D eigenvalue weighted by Gasteiger charge is 2.31. The molecule has 3 rings (SSSR count). The van der Waals surface area contributed by atoms with Crippen molar-refractivity contribution in [1.29, 1.82) is 0 Å². The normalized spacial score (nSPS) is 19.8. The van der Waals surface area contributed by atoms with E-state index in [0.717, 1.165) is 11.6 Å². The van der Waals surface area contributed by atoms with Gasteiger partial charge in [-0.15, -0.1) is 0 Å². The highest BCUT2D eigenvalue weighted by Crippen LogP contribution is 2.37. The summed E-state index contributed by atoms with van der Waals surface area (Å²) >= 11 is 5.80. The van der Waals surface area contributed by atoms with Gasteiger partial charge in [-0.25, -0.2) is 8.78 Å². The topological polar surface area (TPSA) is 50.2 Å². The first-order valence-corrected chi connectivity index (χ1v) is 8.14. The fraction of sp³-hybridized carbons (Fsp3) is 0.333. The molecule has 0 bridgehead atoms. The van der Waals surface area contributed by atoms with Crippen LogP contribution in [0.15, 0.2) is 30.5 Å². The van der Waals surface area contributed by atoms with Gasteiger partial charge in [-0.3, -0.25) is 9.78 Å². The van der Waals surface area contributed by atoms with Crippen LogP contribution in [0.4, 0.5) is 8.78 Å². The number of pyridine rings is 1. The maximum absolute atomic E-state index is 13.5. The predicted molar refractivity (Wildman–Crippen MR) is 85.9 cm³/mol. The summed E-state index contributed by atoms with van der Waals surface area (Å²) in [5.74, 6) is -2.44. The minimum Gasteiger partial charge on any atom is -0.387 e. The summed E-state index contributed by atoms with van der Waals surface area (Å²) in [4.78, 5) is 16.8. The maximum atomic E-state index is 13.5. The molecule has 2 atom stereocenters. The van der Waals surface area contributed by atoms with Crippen molar-refractivity contribution in [3.05, 3.63) is 63.9 Å². The van der Waals surface area contributed by atoms with E-state index in [1.54, 1.807) is 18.3 Å². The molecular formula is C18H16ClF2NO2. The fourth-order valence-corrected chi connectivity index (χ4v) is 3.39. The van der Waals surface area contributed by atoms with Gasteiger partial charge < -0.3 is 5.11 Å². The van der Waals surface area contributed by atoms with Crippen LogP contribution in [-0.2, 0) is 11.2 Å². The Labute approximate surface area is 143 Å². The SMILES string of the molecule is O=C(CCc1ccc(F)c(F)c1Cl)[C@@H]1CC[C@H](O)c2ncccc21. The molecule has 0 saturated heterocycles. The highest BCUT2D eigenvalue weighted by molar-refractivity contribution is 6.31. The summed E-state index contributed by atoms with van der Waals surface area (Å²) in [5.41, 5.74) is 1.71. The van der Waals surface area contributed by atoms with Crippen molar-refractivity contribution in [1.82, 2.24) is 4.98 Å². The number of hydrogen-bond acceptors (Lipinski definition) is 3. The number of carbonyl (C=O) groups is 1. The lowest BCUT2D eigenvalue weighted by Gasteiger charge is -2.27. The first-order valence-electron chi connectivity index (χ1n) is 7.77. The van der Waals surface area contributed by atoms with Crippen molar-refractivity contribution in [3.8, 4) is 0 Å². The van der Waals surface area contributed by atoms with E-state index in [0.29, 0.717) is 24.1 Å². The summed E-state index contributed by atoms with van der Waals surface area (Å²) in [6, 6.07) is 5.95. The Morgan fingerprint density at radius 1 is 1.29 bits per heavy atom. The van der Waals surface area contributed by atoms with Crippen LogP contribution in [-0.4, -0.2) is 15.9 Å². The molecule has 0 aliphatic heterocycles. The van der Waals surface area contributed by atoms with Gasteiger partial charge >= 0.3 is 0 Å². The van der Waals surface area contributed by atoms with Gasteiger partial charge in [-0.2, -0.15) is 0 Å². The van der Waals surface area contributed by atoms with Crippen LogP contribution in [0.5, 0.6) is 0 Å². The Morgan fingerprint density at radius 3 is 2.88 bits per heavy atom. The molecule has 1 aromatic carbocycles. The van der Waals surface area contributed by atoms with Gasteiger partial charge in [0.1, 0.15) is 5.78 Å². The van der Waals surface area contributed by atoms with Crippen molar-refractivity contribution < 1.29 is 18.7 Å². The van der Waals surface area contributed by atoms with E-state index in [4.69, 9.17) is 11.6 Å².